The molecule has 5 rings (SSSR count). The normalized spacial score (nSPS) is 15.8. The number of nitrogens with zero attached hydrogens (tertiary/aromatic N) is 4. The van der Waals surface area contributed by atoms with Crippen molar-refractivity contribution >= 4 is 17.4 Å². The van der Waals surface area contributed by atoms with E-state index in [2.05, 4.69) is 20.7 Å². The maximum Gasteiger partial charge on any atom is 0.251 e. The molecule has 1 atom stereocenters. The third-order valence-electron chi connectivity index (χ3n) is 6.27. The molecule has 0 radical (unpaired) electrons. The van der Waals surface area contributed by atoms with Gasteiger partial charge in [0.2, 0.25) is 0 Å². The number of amides is 1. The van der Waals surface area contributed by atoms with Gasteiger partial charge in [-0.2, -0.15) is 5.10 Å². The van der Waals surface area contributed by atoms with Crippen molar-refractivity contribution in [1.82, 2.24) is 24.9 Å². The van der Waals surface area contributed by atoms with Crippen molar-refractivity contribution in [3.8, 4) is 22.3 Å². The average molecular weight is 509 g/mol. The number of carbonyl (C=O) groups is 1. The smallest absolute Gasteiger partial charge is 0.251 e. The van der Waals surface area contributed by atoms with Crippen LogP contribution in [-0.4, -0.2) is 56.9 Å². The van der Waals surface area contributed by atoms with E-state index in [9.17, 15) is 18.7 Å². The van der Waals surface area contributed by atoms with E-state index in [-0.39, 0.29) is 28.4 Å². The maximum atomic E-state index is 14.9. The summed E-state index contributed by atoms with van der Waals surface area (Å²) in [4.78, 5) is 21.3. The van der Waals surface area contributed by atoms with Crippen LogP contribution in [0.25, 0.3) is 27.9 Å². The number of nitrogens with one attached hydrogen (secondary N) is 2. The van der Waals surface area contributed by atoms with Crippen LogP contribution < -0.4 is 10.6 Å². The molecule has 4 aromatic rings. The first kappa shape index (κ1) is 24.7. The number of carbonyl (C=O) groups excluding carboxylic acids is 1. The molecule has 1 fully saturated rings. The Morgan fingerprint density at radius 1 is 1.19 bits per heavy atom. The Morgan fingerprint density at radius 3 is 2.65 bits per heavy atom. The molecule has 0 bridgehead atoms. The highest BCUT2D eigenvalue weighted by Gasteiger charge is 2.24. The van der Waals surface area contributed by atoms with Crippen LogP contribution >= 0.6 is 0 Å². The first-order chi connectivity index (χ1) is 17.7. The molecule has 1 saturated heterocycles. The van der Waals surface area contributed by atoms with E-state index in [4.69, 9.17) is 9.72 Å². The highest BCUT2D eigenvalue weighted by atomic mass is 19.2. The number of fused-ring (bicyclic) bond motifs is 1. The SMILES string of the molecule is CNC(=O)c1cc(F)c(F)c(-c2cnn3cc(-c4ccc(C(C)(C)O)nc4)c(N[C@H]4CCOC4)nc23)c1. The third kappa shape index (κ3) is 4.75. The lowest BCUT2D eigenvalue weighted by molar-refractivity contribution is 0.0738. The summed E-state index contributed by atoms with van der Waals surface area (Å²) >= 11 is 0. The van der Waals surface area contributed by atoms with Crippen LogP contribution in [0, 0.1) is 11.6 Å². The van der Waals surface area contributed by atoms with Gasteiger partial charge < -0.3 is 20.5 Å². The van der Waals surface area contributed by atoms with E-state index < -0.39 is 23.1 Å². The molecule has 1 amide bonds. The lowest BCUT2D eigenvalue weighted by atomic mass is 10.0. The number of hydrogen-bond acceptors (Lipinski definition) is 7. The summed E-state index contributed by atoms with van der Waals surface area (Å²) in [5.74, 6) is -2.30. The van der Waals surface area contributed by atoms with Gasteiger partial charge in [0.05, 0.1) is 24.5 Å². The zero-order valence-corrected chi connectivity index (χ0v) is 20.5. The highest BCUT2D eigenvalue weighted by molar-refractivity contribution is 5.96. The quantitative estimate of drug-likeness (QED) is 0.365. The number of pyridine rings is 1. The van der Waals surface area contributed by atoms with E-state index >= 15 is 0 Å². The number of halogens is 2. The molecular formula is C26H26F2N6O3. The van der Waals surface area contributed by atoms with E-state index in [1.807, 2.05) is 6.07 Å². The van der Waals surface area contributed by atoms with Crippen LogP contribution in [0.5, 0.6) is 0 Å². The first-order valence-corrected chi connectivity index (χ1v) is 11.8. The fourth-order valence-electron chi connectivity index (χ4n) is 4.24. The standard InChI is InChI=1S/C26H26F2N6O3/c1-26(2,36)21-5-4-14(10-30-21)19-12-34-24(33-23(19)32-16-6-7-37-13-16)18(11-31-34)17-8-15(25(35)29-3)9-20(27)22(17)28/h4-5,8-12,16,36H,6-7,13H2,1-3H3,(H,29,35)(H,32,33)/t16-/m0/s1. The Hall–Kier alpha value is -3.96. The van der Waals surface area contributed by atoms with Gasteiger partial charge in [-0.15, -0.1) is 0 Å². The molecule has 37 heavy (non-hydrogen) atoms. The summed E-state index contributed by atoms with van der Waals surface area (Å²) in [6, 6.07) is 5.70. The van der Waals surface area contributed by atoms with Crippen molar-refractivity contribution in [3.05, 3.63) is 65.7 Å². The van der Waals surface area contributed by atoms with Crippen molar-refractivity contribution in [2.24, 2.45) is 0 Å². The molecule has 0 aliphatic carbocycles. The summed E-state index contributed by atoms with van der Waals surface area (Å²) in [5, 5.41) is 20.4. The second kappa shape index (κ2) is 9.49. The molecule has 1 aliphatic heterocycles. The minimum Gasteiger partial charge on any atom is -0.384 e. The van der Waals surface area contributed by atoms with Gasteiger partial charge in [0.15, 0.2) is 17.3 Å². The van der Waals surface area contributed by atoms with Gasteiger partial charge >= 0.3 is 0 Å². The highest BCUT2D eigenvalue weighted by Crippen LogP contribution is 2.34. The molecule has 3 aromatic heterocycles. The summed E-state index contributed by atoms with van der Waals surface area (Å²) < 4.78 is 36.3. The number of anilines is 1. The van der Waals surface area contributed by atoms with E-state index in [1.165, 1.54) is 23.8 Å². The third-order valence-corrected chi connectivity index (χ3v) is 6.27. The summed E-state index contributed by atoms with van der Waals surface area (Å²) in [6.07, 6.45) is 5.53. The Bertz CT molecular complexity index is 1470. The van der Waals surface area contributed by atoms with Crippen LogP contribution in [0.4, 0.5) is 14.6 Å². The van der Waals surface area contributed by atoms with Gasteiger partial charge in [-0.05, 0) is 38.5 Å². The molecular weight excluding hydrogens is 482 g/mol. The molecule has 0 unspecified atom stereocenters. The van der Waals surface area contributed by atoms with E-state index in [0.717, 1.165) is 18.1 Å². The number of aromatic nitrogens is 4. The van der Waals surface area contributed by atoms with Gasteiger partial charge in [0.1, 0.15) is 11.4 Å². The zero-order chi connectivity index (χ0) is 26.3. The summed E-state index contributed by atoms with van der Waals surface area (Å²) in [6.45, 7) is 4.43. The average Bonchev–Trinajstić information content (AvgIpc) is 3.54. The minimum absolute atomic E-state index is 0.00874. The minimum atomic E-state index is -1.15. The molecule has 11 heteroatoms. The molecule has 1 aromatic carbocycles. The van der Waals surface area contributed by atoms with Crippen molar-refractivity contribution in [2.45, 2.75) is 31.9 Å². The zero-order valence-electron chi connectivity index (χ0n) is 20.5. The fraction of sp³-hybridized carbons (Fsp3) is 0.308. The predicted octanol–water partition coefficient (Wildman–Crippen LogP) is 3.52. The fourth-order valence-corrected chi connectivity index (χ4v) is 4.24. The number of rotatable bonds is 6. The van der Waals surface area contributed by atoms with E-state index in [1.54, 1.807) is 32.3 Å². The second-order valence-electron chi connectivity index (χ2n) is 9.42. The summed E-state index contributed by atoms with van der Waals surface area (Å²) in [5.41, 5.74) is 1.18. The Labute approximate surface area is 211 Å². The van der Waals surface area contributed by atoms with Crippen molar-refractivity contribution in [3.63, 3.8) is 0 Å². The molecule has 192 valence electrons. The van der Waals surface area contributed by atoms with E-state index in [0.29, 0.717) is 30.3 Å². The largest absolute Gasteiger partial charge is 0.384 e. The first-order valence-electron chi connectivity index (χ1n) is 11.8. The van der Waals surface area contributed by atoms with Gasteiger partial charge in [0, 0.05) is 53.9 Å². The van der Waals surface area contributed by atoms with Crippen LogP contribution in [-0.2, 0) is 10.3 Å². The van der Waals surface area contributed by atoms with Crippen LogP contribution in [0.2, 0.25) is 0 Å². The lowest BCUT2D eigenvalue weighted by Crippen LogP contribution is -2.21. The monoisotopic (exact) mass is 508 g/mol. The molecule has 0 spiro atoms. The number of benzene rings is 1. The molecule has 4 heterocycles. The van der Waals surface area contributed by atoms with Crippen LogP contribution in [0.15, 0.2) is 42.9 Å². The topological polar surface area (TPSA) is 114 Å². The number of aliphatic hydroxyl groups is 1. The van der Waals surface area contributed by atoms with Crippen molar-refractivity contribution in [1.29, 1.82) is 0 Å². The van der Waals surface area contributed by atoms with Crippen LogP contribution in [0.1, 0.15) is 36.3 Å². The second-order valence-corrected chi connectivity index (χ2v) is 9.42. The van der Waals surface area contributed by atoms with Crippen molar-refractivity contribution < 1.29 is 23.4 Å². The maximum absolute atomic E-state index is 14.9. The van der Waals surface area contributed by atoms with Gasteiger partial charge in [-0.3, -0.25) is 9.78 Å². The Balaban J connectivity index is 1.66. The molecule has 3 N–H and O–H groups in total. The Kier molecular flexibility index (Phi) is 6.34. The molecule has 0 saturated carbocycles. The van der Waals surface area contributed by atoms with Crippen molar-refractivity contribution in [2.75, 3.05) is 25.6 Å². The Morgan fingerprint density at radius 2 is 2.00 bits per heavy atom. The number of hydrogen-bond donors (Lipinski definition) is 3. The predicted molar refractivity (Wildman–Crippen MR) is 133 cm³/mol. The van der Waals surface area contributed by atoms with Gasteiger partial charge in [-0.25, -0.2) is 18.3 Å². The lowest BCUT2D eigenvalue weighted by Gasteiger charge is -2.18. The molecule has 9 nitrogen and oxygen atoms in total. The number of ether oxygens (including phenoxy) is 1. The van der Waals surface area contributed by atoms with Crippen LogP contribution in [0.3, 0.4) is 0 Å². The van der Waals surface area contributed by atoms with Gasteiger partial charge in [0.25, 0.3) is 5.91 Å². The summed E-state index contributed by atoms with van der Waals surface area (Å²) in [7, 11) is 1.41. The molecule has 1 aliphatic rings. The van der Waals surface area contributed by atoms with Gasteiger partial charge in [-0.1, -0.05) is 6.07 Å².